The normalized spacial score (nSPS) is 20.8. The predicted molar refractivity (Wildman–Crippen MR) is 72.6 cm³/mol. The second kappa shape index (κ2) is 9.00. The molecule has 0 spiro atoms. The van der Waals surface area contributed by atoms with Gasteiger partial charge in [-0.3, -0.25) is 4.79 Å². The van der Waals surface area contributed by atoms with Gasteiger partial charge in [-0.2, -0.15) is 0 Å². The van der Waals surface area contributed by atoms with E-state index in [1.807, 2.05) is 0 Å². The molecule has 7 heteroatoms. The molecule has 1 fully saturated rings. The monoisotopic (exact) mass is 331 g/mol. The number of aromatic carboxylic acids is 1. The predicted octanol–water partition coefficient (Wildman–Crippen LogP) is -2.57. The number of esters is 1. The van der Waals surface area contributed by atoms with Gasteiger partial charge in [-0.15, -0.1) is 0 Å². The molecule has 0 amide bonds. The van der Waals surface area contributed by atoms with Gasteiger partial charge in [0.15, 0.2) is 0 Å². The second-order valence-corrected chi connectivity index (χ2v) is 5.34. The van der Waals surface area contributed by atoms with Crippen molar-refractivity contribution >= 4 is 11.9 Å². The quantitative estimate of drug-likeness (QED) is 0.356. The molecule has 22 heavy (non-hydrogen) atoms. The molecule has 1 saturated carbocycles. The molecule has 0 atom stereocenters. The standard InChI is InChI=1S/C15H19NO5.K/c16-8-9-1-3-10(4-2-9)15(20)21-11-5-6-13(17)12(7-11)14(18)19;/h5-7,9-10,17H,1-4,8,16H2,(H,18,19);/q;+1/p-1. The zero-order valence-electron chi connectivity index (χ0n) is 12.6. The molecular formula is C15H18KNO5. The van der Waals surface area contributed by atoms with E-state index >= 15 is 0 Å². The Bertz CT molecular complexity index is 541. The van der Waals surface area contributed by atoms with Crippen LogP contribution in [0.1, 0.15) is 36.0 Å². The minimum atomic E-state index is -1.52. The molecule has 1 aliphatic rings. The van der Waals surface area contributed by atoms with Gasteiger partial charge in [0.05, 0.1) is 11.9 Å². The van der Waals surface area contributed by atoms with Crippen molar-refractivity contribution in [3.63, 3.8) is 0 Å². The Labute approximate surface area is 171 Å². The van der Waals surface area contributed by atoms with Crippen molar-refractivity contribution in [2.24, 2.45) is 17.6 Å². The molecule has 0 aliphatic heterocycles. The molecule has 1 aromatic rings. The fraction of sp³-hybridized carbons (Fsp3) is 0.467. The van der Waals surface area contributed by atoms with Gasteiger partial charge in [0.1, 0.15) is 11.5 Å². The van der Waals surface area contributed by atoms with Crippen LogP contribution in [0.15, 0.2) is 18.2 Å². The molecule has 0 bridgehead atoms. The topological polar surface area (TPSA) is 113 Å². The zero-order valence-corrected chi connectivity index (χ0v) is 15.7. The van der Waals surface area contributed by atoms with Gasteiger partial charge in [0.2, 0.25) is 0 Å². The molecule has 2 rings (SSSR count). The number of aromatic hydroxyl groups is 1. The first-order valence-corrected chi connectivity index (χ1v) is 6.97. The number of benzene rings is 1. The molecule has 0 unspecified atom stereocenters. The van der Waals surface area contributed by atoms with Crippen LogP contribution in [0.3, 0.4) is 0 Å². The Morgan fingerprint density at radius 2 is 1.91 bits per heavy atom. The third kappa shape index (κ3) is 5.04. The minimum absolute atomic E-state index is 0. The summed E-state index contributed by atoms with van der Waals surface area (Å²) < 4.78 is 5.20. The van der Waals surface area contributed by atoms with Crippen molar-refractivity contribution < 1.29 is 75.9 Å². The Morgan fingerprint density at radius 1 is 1.27 bits per heavy atom. The average molecular weight is 331 g/mol. The molecule has 1 aromatic carbocycles. The number of carboxylic acids is 1. The van der Waals surface area contributed by atoms with E-state index < -0.39 is 17.3 Å². The summed E-state index contributed by atoms with van der Waals surface area (Å²) >= 11 is 0. The maximum atomic E-state index is 12.0. The first-order valence-electron chi connectivity index (χ1n) is 6.97. The summed E-state index contributed by atoms with van der Waals surface area (Å²) in [5.41, 5.74) is 5.21. The molecular weight excluding hydrogens is 313 g/mol. The molecule has 0 saturated heterocycles. The van der Waals surface area contributed by atoms with Crippen molar-refractivity contribution in [2.45, 2.75) is 25.7 Å². The van der Waals surface area contributed by atoms with Crippen LogP contribution in [0, 0.1) is 11.8 Å². The van der Waals surface area contributed by atoms with Crippen molar-refractivity contribution in [2.75, 3.05) is 6.54 Å². The van der Waals surface area contributed by atoms with Crippen LogP contribution in [0.5, 0.6) is 11.5 Å². The minimum Gasteiger partial charge on any atom is -0.545 e. The van der Waals surface area contributed by atoms with E-state index in [1.165, 1.54) is 12.1 Å². The van der Waals surface area contributed by atoms with Gasteiger partial charge in [-0.1, -0.05) is 0 Å². The molecule has 0 aromatic heterocycles. The summed E-state index contributed by atoms with van der Waals surface area (Å²) in [7, 11) is 0. The Kier molecular flexibility index (Phi) is 8.02. The third-order valence-corrected chi connectivity index (χ3v) is 3.92. The van der Waals surface area contributed by atoms with Crippen LogP contribution in [0.4, 0.5) is 0 Å². The number of carboxylic acid groups (broad SMARTS) is 1. The van der Waals surface area contributed by atoms with E-state index in [1.54, 1.807) is 0 Å². The average Bonchev–Trinajstić information content (AvgIpc) is 2.49. The van der Waals surface area contributed by atoms with E-state index in [0.717, 1.165) is 31.7 Å². The molecule has 1 aliphatic carbocycles. The smallest absolute Gasteiger partial charge is 0.545 e. The van der Waals surface area contributed by atoms with Crippen molar-refractivity contribution in [1.29, 1.82) is 0 Å². The van der Waals surface area contributed by atoms with Gasteiger partial charge in [-0.25, -0.2) is 0 Å². The van der Waals surface area contributed by atoms with Gasteiger partial charge >= 0.3 is 57.4 Å². The molecule has 3 N–H and O–H groups in total. The summed E-state index contributed by atoms with van der Waals surface area (Å²) in [6.07, 6.45) is 3.25. The number of ether oxygens (including phenoxy) is 1. The number of hydrogen-bond acceptors (Lipinski definition) is 6. The van der Waals surface area contributed by atoms with E-state index in [0.29, 0.717) is 12.5 Å². The zero-order chi connectivity index (χ0) is 15.4. The van der Waals surface area contributed by atoms with Crippen LogP contribution in [0.2, 0.25) is 0 Å². The maximum Gasteiger partial charge on any atom is 1.00 e. The number of phenols is 1. The Hall–Kier alpha value is -0.444. The second-order valence-electron chi connectivity index (χ2n) is 5.34. The van der Waals surface area contributed by atoms with Crippen LogP contribution in [-0.4, -0.2) is 23.6 Å². The SMILES string of the molecule is NCC1CCC(C(=O)Oc2ccc(O)c(C(=O)[O-])c2)CC1.[K+]. The van der Waals surface area contributed by atoms with Crippen LogP contribution < -0.4 is 67.0 Å². The number of rotatable bonds is 4. The summed E-state index contributed by atoms with van der Waals surface area (Å²) in [6, 6.07) is 3.61. The van der Waals surface area contributed by atoms with Crippen molar-refractivity contribution in [3.05, 3.63) is 23.8 Å². The first-order chi connectivity index (χ1) is 10.0. The number of nitrogens with two attached hydrogens (primary N) is 1. The Balaban J connectivity index is 0.00000242. The largest absolute Gasteiger partial charge is 1.00 e. The van der Waals surface area contributed by atoms with Crippen LogP contribution >= 0.6 is 0 Å². The maximum absolute atomic E-state index is 12.0. The van der Waals surface area contributed by atoms with Crippen LogP contribution in [-0.2, 0) is 4.79 Å². The van der Waals surface area contributed by atoms with Crippen molar-refractivity contribution in [3.8, 4) is 11.5 Å². The van der Waals surface area contributed by atoms with Gasteiger partial charge in [-0.05, 0) is 56.3 Å². The van der Waals surface area contributed by atoms with Gasteiger partial charge < -0.3 is 25.5 Å². The number of carbonyl (C=O) groups excluding carboxylic acids is 2. The van der Waals surface area contributed by atoms with Gasteiger partial charge in [0.25, 0.3) is 0 Å². The van der Waals surface area contributed by atoms with E-state index in [2.05, 4.69) is 0 Å². The van der Waals surface area contributed by atoms with Gasteiger partial charge in [0, 0.05) is 5.56 Å². The van der Waals surface area contributed by atoms with E-state index in [4.69, 9.17) is 10.5 Å². The fourth-order valence-electron chi connectivity index (χ4n) is 2.58. The van der Waals surface area contributed by atoms with E-state index in [-0.39, 0.29) is 69.0 Å². The molecule has 0 heterocycles. The summed E-state index contributed by atoms with van der Waals surface area (Å²) in [5.74, 6) is -1.94. The third-order valence-electron chi connectivity index (χ3n) is 3.92. The molecule has 6 nitrogen and oxygen atoms in total. The number of hydrogen-bond donors (Lipinski definition) is 2. The molecule has 0 radical (unpaired) electrons. The first kappa shape index (κ1) is 19.6. The Morgan fingerprint density at radius 3 is 2.45 bits per heavy atom. The summed E-state index contributed by atoms with van der Waals surface area (Å²) in [5, 5.41) is 20.2. The fourth-order valence-corrected chi connectivity index (χ4v) is 2.58. The van der Waals surface area contributed by atoms with Crippen molar-refractivity contribution in [1.82, 2.24) is 0 Å². The summed E-state index contributed by atoms with van der Waals surface area (Å²) in [6.45, 7) is 0.634. The summed E-state index contributed by atoms with van der Waals surface area (Å²) in [4.78, 5) is 22.9. The molecule has 114 valence electrons. The van der Waals surface area contributed by atoms with Crippen LogP contribution in [0.25, 0.3) is 0 Å². The van der Waals surface area contributed by atoms with E-state index in [9.17, 15) is 19.8 Å². The number of carbonyl (C=O) groups is 2.